The minimum absolute atomic E-state index is 0.00119. The number of thioether (sulfide) groups is 1. The van der Waals surface area contributed by atoms with E-state index in [4.69, 9.17) is 0 Å². The van der Waals surface area contributed by atoms with Crippen molar-refractivity contribution in [1.29, 1.82) is 0 Å². The third-order valence-electron chi connectivity index (χ3n) is 19.2. The molecule has 6 fully saturated rings. The smallest absolute Gasteiger partial charge is 0.384 e. The predicted molar refractivity (Wildman–Crippen MR) is 336 cm³/mol. The lowest BCUT2D eigenvalue weighted by Crippen LogP contribution is -2.61. The van der Waals surface area contributed by atoms with Gasteiger partial charge in [-0.2, -0.15) is 13.2 Å². The lowest BCUT2D eigenvalue weighted by atomic mass is 9.33. The van der Waals surface area contributed by atoms with Crippen molar-refractivity contribution in [2.24, 2.45) is 22.2 Å². The molecule has 1 unspecified atom stereocenters. The third kappa shape index (κ3) is 13.8. The molecule has 0 aromatic heterocycles. The molecule has 3 saturated carbocycles. The number of benzene rings is 4. The molecule has 4 heterocycles. The van der Waals surface area contributed by atoms with Crippen LogP contribution in [0.2, 0.25) is 0 Å². The largest absolute Gasteiger partial charge is 0.501 e. The zero-order valence-electron chi connectivity index (χ0n) is 50.9. The second kappa shape index (κ2) is 25.7. The number of allylic oxidation sites excluding steroid dienone is 1. The molecule has 12 rings (SSSR count). The molecule has 0 spiro atoms. The Balaban J connectivity index is 0.675. The number of anilines is 3. The Kier molecular flexibility index (Phi) is 18.5. The lowest BCUT2D eigenvalue weighted by Gasteiger charge is -2.72. The van der Waals surface area contributed by atoms with E-state index in [1.165, 1.54) is 62.1 Å². The summed E-state index contributed by atoms with van der Waals surface area (Å²) in [6.45, 7) is 13.6. The second-order valence-corrected chi connectivity index (χ2v) is 31.2. The number of nitrogens with zero attached hydrogens (tertiary/aromatic N) is 4. The number of imide groups is 2. The van der Waals surface area contributed by atoms with Gasteiger partial charge in [-0.3, -0.25) is 43.9 Å². The van der Waals surface area contributed by atoms with Crippen LogP contribution in [0.1, 0.15) is 129 Å². The van der Waals surface area contributed by atoms with E-state index in [0.717, 1.165) is 66.8 Å². The molecule has 4 aliphatic heterocycles. The lowest BCUT2D eigenvalue weighted by molar-refractivity contribution is -0.167. The van der Waals surface area contributed by atoms with E-state index in [9.17, 15) is 58.8 Å². The molecule has 2 bridgehead atoms. The van der Waals surface area contributed by atoms with Crippen LogP contribution in [0, 0.1) is 22.2 Å². The van der Waals surface area contributed by atoms with E-state index in [0.29, 0.717) is 86.4 Å². The summed E-state index contributed by atoms with van der Waals surface area (Å²) >= 11 is 1.40. The number of hydrogen-bond acceptors (Lipinski definition) is 16. The van der Waals surface area contributed by atoms with E-state index in [1.807, 2.05) is 35.1 Å². The number of rotatable bonds is 23. The van der Waals surface area contributed by atoms with Gasteiger partial charge in [0, 0.05) is 98.3 Å². The summed E-state index contributed by atoms with van der Waals surface area (Å²) < 4.78 is 99.8. The SMILES string of the molecule is CC1(C)CCC(CN2CCN(c3ccc(C(=O)NS(=O)(=O)c4ccc(N[C@H](CCN5CCC(C(=O)NCCCNc6cccc7c6C(=O)N(C6CCC(=O)NC6=O)C7=O)CC5)CSc5ccccc5)c(S(=O)(=O)C(F)(F)F)c4)cc3)CC2)=C(C23CC(C)(C2)C3)C1. The monoisotopic (exact) mass is 1300 g/mol. The zero-order chi connectivity index (χ0) is 64.0. The molecular formula is C65H78F3N9O10S3. The van der Waals surface area contributed by atoms with Gasteiger partial charge in [0.25, 0.3) is 37.6 Å². The average Bonchev–Trinajstić information content (AvgIpc) is 0.803. The van der Waals surface area contributed by atoms with Gasteiger partial charge in [0.05, 0.1) is 21.7 Å². The number of hydrogen-bond donors (Lipinski definition) is 5. The van der Waals surface area contributed by atoms with E-state index in [1.54, 1.807) is 35.4 Å². The first kappa shape index (κ1) is 64.7. The number of sulfone groups is 1. The number of amides is 6. The first-order chi connectivity index (χ1) is 42.7. The normalized spacial score (nSPS) is 23.6. The molecule has 6 amide bonds. The van der Waals surface area contributed by atoms with Crippen LogP contribution in [0.4, 0.5) is 30.2 Å². The average molecular weight is 1300 g/mol. The molecule has 5 N–H and O–H groups in total. The highest BCUT2D eigenvalue weighted by Crippen LogP contribution is 2.77. The fourth-order valence-corrected chi connectivity index (χ4v) is 17.6. The van der Waals surface area contributed by atoms with Gasteiger partial charge in [0.1, 0.15) is 10.9 Å². The van der Waals surface area contributed by atoms with Gasteiger partial charge in [-0.05, 0) is 167 Å². The van der Waals surface area contributed by atoms with Gasteiger partial charge in [-0.25, -0.2) is 21.6 Å². The quantitative estimate of drug-likeness (QED) is 0.0202. The fourth-order valence-electron chi connectivity index (χ4n) is 14.5. The maximum absolute atomic E-state index is 14.5. The van der Waals surface area contributed by atoms with Gasteiger partial charge in [-0.15, -0.1) is 11.8 Å². The molecule has 482 valence electrons. The molecule has 0 radical (unpaired) electrons. The number of carbonyl (C=O) groups excluding carboxylic acids is 6. The van der Waals surface area contributed by atoms with Crippen molar-refractivity contribution in [3.8, 4) is 0 Å². The number of piperazine rings is 1. The summed E-state index contributed by atoms with van der Waals surface area (Å²) in [5.41, 5.74) is -0.121. The van der Waals surface area contributed by atoms with Crippen molar-refractivity contribution in [1.82, 2.24) is 30.1 Å². The highest BCUT2D eigenvalue weighted by Gasteiger charge is 2.67. The van der Waals surface area contributed by atoms with Crippen molar-refractivity contribution in [2.45, 2.75) is 130 Å². The number of alkyl halides is 3. The topological polar surface area (TPSA) is 244 Å². The second-order valence-electron chi connectivity index (χ2n) is 26.5. The highest BCUT2D eigenvalue weighted by molar-refractivity contribution is 7.99. The van der Waals surface area contributed by atoms with E-state index < -0.39 is 82.5 Å². The summed E-state index contributed by atoms with van der Waals surface area (Å²) in [7, 11) is -11.1. The van der Waals surface area contributed by atoms with E-state index >= 15 is 0 Å². The minimum Gasteiger partial charge on any atom is -0.384 e. The van der Waals surface area contributed by atoms with Crippen LogP contribution in [0.15, 0.2) is 117 Å². The van der Waals surface area contributed by atoms with Gasteiger partial charge in [0.15, 0.2) is 0 Å². The molecule has 4 aromatic rings. The van der Waals surface area contributed by atoms with Gasteiger partial charge in [0.2, 0.25) is 17.7 Å². The molecule has 2 atom stereocenters. The van der Waals surface area contributed by atoms with Crippen LogP contribution in [0.5, 0.6) is 0 Å². The van der Waals surface area contributed by atoms with Crippen molar-refractivity contribution in [3.05, 3.63) is 119 Å². The van der Waals surface area contributed by atoms with Crippen LogP contribution >= 0.6 is 11.8 Å². The summed E-state index contributed by atoms with van der Waals surface area (Å²) in [5.74, 6) is -3.63. The maximum atomic E-state index is 14.5. The highest BCUT2D eigenvalue weighted by atomic mass is 32.2. The van der Waals surface area contributed by atoms with Crippen molar-refractivity contribution >= 4 is 84.1 Å². The summed E-state index contributed by atoms with van der Waals surface area (Å²) in [6, 6.07) is 21.1. The van der Waals surface area contributed by atoms with E-state index in [-0.39, 0.29) is 47.1 Å². The molecular weight excluding hydrogens is 1220 g/mol. The van der Waals surface area contributed by atoms with Crippen LogP contribution in [-0.2, 0) is 34.2 Å². The van der Waals surface area contributed by atoms with Gasteiger partial charge >= 0.3 is 5.51 Å². The molecule has 8 aliphatic rings. The number of fused-ring (bicyclic) bond motifs is 1. The van der Waals surface area contributed by atoms with Crippen LogP contribution < -0.4 is 30.9 Å². The fraction of sp³-hybridized carbons (Fsp3) is 0.508. The summed E-state index contributed by atoms with van der Waals surface area (Å²) in [6.07, 6.45) is 9.32. The van der Waals surface area contributed by atoms with Crippen LogP contribution in [0.3, 0.4) is 0 Å². The maximum Gasteiger partial charge on any atom is 0.501 e. The van der Waals surface area contributed by atoms with Crippen molar-refractivity contribution < 1.29 is 58.8 Å². The van der Waals surface area contributed by atoms with Crippen LogP contribution in [0.25, 0.3) is 0 Å². The molecule has 3 saturated heterocycles. The first-order valence-corrected chi connectivity index (χ1v) is 35.0. The summed E-state index contributed by atoms with van der Waals surface area (Å²) in [4.78, 5) is 84.3. The molecule has 25 heteroatoms. The summed E-state index contributed by atoms with van der Waals surface area (Å²) in [5, 5.41) is 11.3. The number of carbonyl (C=O) groups is 6. The Morgan fingerprint density at radius 3 is 2.17 bits per heavy atom. The predicted octanol–water partition coefficient (Wildman–Crippen LogP) is 8.61. The number of piperidine rings is 2. The zero-order valence-corrected chi connectivity index (χ0v) is 53.3. The molecule has 4 aromatic carbocycles. The van der Waals surface area contributed by atoms with Crippen molar-refractivity contribution in [2.75, 3.05) is 86.7 Å². The number of sulfonamides is 1. The minimum atomic E-state index is -6.16. The third-order valence-corrected chi connectivity index (χ3v) is 23.3. The molecule has 19 nitrogen and oxygen atoms in total. The standard InChI is InChI=1S/C65H78F3N9O10S3/c1-62(2)25-21-44(50(36-62)64-39-63(3,40-64)41-64)37-75-31-33-76(34-32-75)46-15-13-42(14-16-46)58(80)73-90(86,87)48-17-18-51(54(35-48)89(84,85)65(66,67)68)71-45(38-88-47-9-5-4-6-10-47)24-30-74-28-22-43(23-29-74)57(79)70-27-8-26-69-52-12-7-11-49-56(52)61(83)77(60(49)82)53-19-20-55(78)72-59(53)81/h4-7,9-18,35,43,45,53,69,71H,8,19-34,36-41H2,1-3H3,(H,70,79)(H,73,80)(H,72,78,81)/t45-,53?,63?,64?/m1/s1. The Labute approximate surface area is 528 Å². The Morgan fingerprint density at radius 2 is 1.49 bits per heavy atom. The number of likely N-dealkylation sites (tertiary alicyclic amines) is 1. The number of halogens is 3. The number of nitrogens with one attached hydrogen (secondary N) is 5. The first-order valence-electron chi connectivity index (χ1n) is 31.0. The Bertz CT molecular complexity index is 3700. The molecule has 90 heavy (non-hydrogen) atoms. The van der Waals surface area contributed by atoms with E-state index in [2.05, 4.69) is 56.7 Å². The Morgan fingerprint density at radius 1 is 0.778 bits per heavy atom. The van der Waals surface area contributed by atoms with Crippen LogP contribution in [-0.4, -0.2) is 156 Å². The van der Waals surface area contributed by atoms with Gasteiger partial charge in [-0.1, -0.05) is 56.2 Å². The molecule has 4 aliphatic carbocycles. The van der Waals surface area contributed by atoms with Crippen molar-refractivity contribution in [3.63, 3.8) is 0 Å². The van der Waals surface area contributed by atoms with Gasteiger partial charge < -0.3 is 25.8 Å². The Hall–Kier alpha value is -6.80.